The summed E-state index contributed by atoms with van der Waals surface area (Å²) >= 11 is 0. The number of esters is 1. The Morgan fingerprint density at radius 3 is 2.00 bits per heavy atom. The van der Waals surface area contributed by atoms with E-state index in [1.807, 2.05) is 0 Å². The zero-order valence-electron chi connectivity index (χ0n) is 12.0. The van der Waals surface area contributed by atoms with Crippen molar-refractivity contribution in [2.75, 3.05) is 6.61 Å². The summed E-state index contributed by atoms with van der Waals surface area (Å²) in [5.74, 6) is -0.00632. The van der Waals surface area contributed by atoms with Crippen molar-refractivity contribution >= 4 is 22.1 Å². The van der Waals surface area contributed by atoms with Crippen molar-refractivity contribution in [1.29, 1.82) is 0 Å². The van der Waals surface area contributed by atoms with Crippen LogP contribution in [0, 0.1) is 0 Å². The average Bonchev–Trinajstić information content (AvgIpc) is 1.99. The summed E-state index contributed by atoms with van der Waals surface area (Å²) < 4.78 is 5.30. The highest BCUT2D eigenvalue weighted by molar-refractivity contribution is 6.77. The highest BCUT2D eigenvalue weighted by Crippen LogP contribution is 2.24. The van der Waals surface area contributed by atoms with Crippen molar-refractivity contribution in [3.63, 3.8) is 0 Å². The largest absolute Gasteiger partial charge is 0.466 e. The van der Waals surface area contributed by atoms with Crippen LogP contribution in [-0.2, 0) is 9.53 Å². The molecule has 0 bridgehead atoms. The van der Waals surface area contributed by atoms with Crippen LogP contribution in [0.5, 0.6) is 0 Å². The third-order valence-corrected chi connectivity index (χ3v) is 7.93. The molecule has 96 valence electrons. The van der Waals surface area contributed by atoms with Crippen molar-refractivity contribution in [2.45, 2.75) is 64.2 Å². The van der Waals surface area contributed by atoms with Crippen molar-refractivity contribution < 1.29 is 9.53 Å². The van der Waals surface area contributed by atoms with E-state index in [2.05, 4.69) is 46.2 Å². The van der Waals surface area contributed by atoms with E-state index in [0.29, 0.717) is 18.6 Å². The SMILES string of the molecule is C[C@H](CC(=O)OCC[Si](C)(C)C)[Si](C)(C)C. The summed E-state index contributed by atoms with van der Waals surface area (Å²) in [5, 5.41) is 0. The molecule has 2 nitrogen and oxygen atoms in total. The Bertz CT molecular complexity index is 226. The topological polar surface area (TPSA) is 26.3 Å². The van der Waals surface area contributed by atoms with Crippen LogP contribution in [0.2, 0.25) is 50.9 Å². The lowest BCUT2D eigenvalue weighted by Crippen LogP contribution is -2.29. The molecule has 0 aromatic rings. The van der Waals surface area contributed by atoms with Gasteiger partial charge in [-0.1, -0.05) is 46.2 Å². The highest BCUT2D eigenvalue weighted by atomic mass is 28.3. The van der Waals surface area contributed by atoms with Crippen LogP contribution >= 0.6 is 0 Å². The minimum Gasteiger partial charge on any atom is -0.466 e. The molecule has 0 N–H and O–H groups in total. The van der Waals surface area contributed by atoms with Crippen LogP contribution in [0.4, 0.5) is 0 Å². The molecule has 0 saturated carbocycles. The Kier molecular flexibility index (Phi) is 5.97. The maximum atomic E-state index is 11.6. The van der Waals surface area contributed by atoms with Crippen molar-refractivity contribution in [1.82, 2.24) is 0 Å². The molecule has 0 heterocycles. The fourth-order valence-corrected chi connectivity index (χ4v) is 2.58. The number of carbonyl (C=O) groups is 1. The molecule has 0 aliphatic heterocycles. The van der Waals surface area contributed by atoms with Crippen LogP contribution in [-0.4, -0.2) is 28.7 Å². The van der Waals surface area contributed by atoms with Gasteiger partial charge in [0.05, 0.1) is 6.61 Å². The van der Waals surface area contributed by atoms with Gasteiger partial charge in [0.2, 0.25) is 0 Å². The lowest BCUT2D eigenvalue weighted by molar-refractivity contribution is -0.143. The first-order chi connectivity index (χ1) is 7.02. The molecule has 0 saturated heterocycles. The quantitative estimate of drug-likeness (QED) is 0.533. The first-order valence-corrected chi connectivity index (χ1v) is 13.5. The number of rotatable bonds is 6. The van der Waals surface area contributed by atoms with E-state index in [-0.39, 0.29) is 5.97 Å². The summed E-state index contributed by atoms with van der Waals surface area (Å²) in [4.78, 5) is 11.6. The van der Waals surface area contributed by atoms with E-state index in [4.69, 9.17) is 4.74 Å². The van der Waals surface area contributed by atoms with E-state index in [1.165, 1.54) is 0 Å². The van der Waals surface area contributed by atoms with Gasteiger partial charge in [-0.25, -0.2) is 0 Å². The third kappa shape index (κ3) is 8.10. The second-order valence-electron chi connectivity index (χ2n) is 7.00. The van der Waals surface area contributed by atoms with E-state index >= 15 is 0 Å². The average molecular weight is 261 g/mol. The number of hydrogen-bond acceptors (Lipinski definition) is 2. The highest BCUT2D eigenvalue weighted by Gasteiger charge is 2.25. The van der Waals surface area contributed by atoms with Gasteiger partial charge in [0.1, 0.15) is 0 Å². The predicted octanol–water partition coefficient (Wildman–Crippen LogP) is 3.99. The first-order valence-electron chi connectivity index (χ1n) is 6.18. The van der Waals surface area contributed by atoms with E-state index in [1.54, 1.807) is 0 Å². The number of carbonyl (C=O) groups excluding carboxylic acids is 1. The Morgan fingerprint density at radius 1 is 1.12 bits per heavy atom. The predicted molar refractivity (Wildman–Crippen MR) is 76.5 cm³/mol. The van der Waals surface area contributed by atoms with Crippen molar-refractivity contribution in [2.24, 2.45) is 0 Å². The summed E-state index contributed by atoms with van der Waals surface area (Å²) in [6.07, 6.45) is 0.599. The van der Waals surface area contributed by atoms with E-state index < -0.39 is 16.1 Å². The zero-order chi connectivity index (χ0) is 13.0. The van der Waals surface area contributed by atoms with Crippen LogP contribution < -0.4 is 0 Å². The maximum Gasteiger partial charge on any atom is 0.305 e. The second-order valence-corrected chi connectivity index (χ2v) is 18.3. The molecular weight excluding hydrogens is 232 g/mol. The summed E-state index contributed by atoms with van der Waals surface area (Å²) in [7, 11) is -2.26. The van der Waals surface area contributed by atoms with Gasteiger partial charge >= 0.3 is 5.97 Å². The fraction of sp³-hybridized carbons (Fsp3) is 0.917. The van der Waals surface area contributed by atoms with Crippen LogP contribution in [0.1, 0.15) is 13.3 Å². The molecule has 0 spiro atoms. The van der Waals surface area contributed by atoms with Gasteiger partial charge in [-0.05, 0) is 11.6 Å². The summed E-state index contributed by atoms with van der Waals surface area (Å²) in [6, 6.07) is 1.07. The molecule has 1 atom stereocenters. The van der Waals surface area contributed by atoms with Crippen LogP contribution in [0.3, 0.4) is 0 Å². The van der Waals surface area contributed by atoms with Gasteiger partial charge in [0.15, 0.2) is 0 Å². The fourth-order valence-electron chi connectivity index (χ4n) is 1.09. The van der Waals surface area contributed by atoms with Gasteiger partial charge < -0.3 is 4.74 Å². The Balaban J connectivity index is 3.84. The van der Waals surface area contributed by atoms with Gasteiger partial charge in [-0.2, -0.15) is 0 Å². The molecule has 0 unspecified atom stereocenters. The molecule has 0 amide bonds. The molecule has 0 fully saturated rings. The molecule has 0 aromatic carbocycles. The normalized spacial score (nSPS) is 14.7. The number of hydrogen-bond donors (Lipinski definition) is 0. The van der Waals surface area contributed by atoms with Gasteiger partial charge in [0.25, 0.3) is 0 Å². The summed E-state index contributed by atoms with van der Waals surface area (Å²) in [6.45, 7) is 16.6. The van der Waals surface area contributed by atoms with Gasteiger partial charge in [-0.15, -0.1) is 0 Å². The molecular formula is C12H28O2Si2. The van der Waals surface area contributed by atoms with Crippen molar-refractivity contribution in [3.8, 4) is 0 Å². The molecule has 4 heteroatoms. The second kappa shape index (κ2) is 6.01. The zero-order valence-corrected chi connectivity index (χ0v) is 14.0. The summed E-state index contributed by atoms with van der Waals surface area (Å²) in [5.41, 5.74) is 0.506. The smallest absolute Gasteiger partial charge is 0.305 e. The molecule has 0 aliphatic rings. The molecule has 0 radical (unpaired) electrons. The lowest BCUT2D eigenvalue weighted by Gasteiger charge is -2.24. The minimum atomic E-state index is -1.19. The minimum absolute atomic E-state index is 0.00632. The molecule has 16 heavy (non-hydrogen) atoms. The monoisotopic (exact) mass is 260 g/mol. The molecule has 0 aromatic heterocycles. The standard InChI is InChI=1S/C12H28O2Si2/c1-11(16(5,6)7)10-12(13)14-8-9-15(2,3)4/h11H,8-10H2,1-7H3/t11-/m1/s1. The van der Waals surface area contributed by atoms with E-state index in [0.717, 1.165) is 6.04 Å². The Labute approximate surface area is 103 Å². The van der Waals surface area contributed by atoms with Crippen LogP contribution in [0.15, 0.2) is 0 Å². The van der Waals surface area contributed by atoms with Crippen molar-refractivity contribution in [3.05, 3.63) is 0 Å². The number of ether oxygens (including phenoxy) is 1. The first kappa shape index (κ1) is 15.9. The van der Waals surface area contributed by atoms with Gasteiger partial charge in [-0.3, -0.25) is 4.79 Å². The Hall–Kier alpha value is -0.0962. The van der Waals surface area contributed by atoms with Crippen LogP contribution in [0.25, 0.3) is 0 Å². The maximum absolute atomic E-state index is 11.6. The third-order valence-electron chi connectivity index (χ3n) is 3.07. The Morgan fingerprint density at radius 2 is 1.62 bits per heavy atom. The van der Waals surface area contributed by atoms with E-state index in [9.17, 15) is 4.79 Å². The molecule has 0 rings (SSSR count). The molecule has 0 aliphatic carbocycles. The lowest BCUT2D eigenvalue weighted by atomic mass is 10.3. The van der Waals surface area contributed by atoms with Gasteiger partial charge in [0, 0.05) is 22.6 Å².